The van der Waals surface area contributed by atoms with Gasteiger partial charge in [0, 0.05) is 24.3 Å². The summed E-state index contributed by atoms with van der Waals surface area (Å²) in [6.07, 6.45) is 12.8. The van der Waals surface area contributed by atoms with Crippen molar-refractivity contribution in [2.24, 2.45) is 0 Å². The second-order valence-corrected chi connectivity index (χ2v) is 7.03. The molecule has 5 heteroatoms. The third-order valence-electron chi connectivity index (χ3n) is 5.24. The van der Waals surface area contributed by atoms with E-state index in [1.54, 1.807) is 6.33 Å². The first kappa shape index (κ1) is 16.9. The number of imidazole rings is 1. The Morgan fingerprint density at radius 2 is 1.77 bits per heavy atom. The molecular formula is C21H25N5. The molecule has 4 rings (SSSR count). The maximum absolute atomic E-state index is 4.74. The third-order valence-corrected chi connectivity index (χ3v) is 5.24. The highest BCUT2D eigenvalue weighted by Gasteiger charge is 2.27. The summed E-state index contributed by atoms with van der Waals surface area (Å²) in [4.78, 5) is 16.7. The molecule has 2 atom stereocenters. The van der Waals surface area contributed by atoms with Gasteiger partial charge in [-0.15, -0.1) is 0 Å². The number of aryl methyl sites for hydroxylation is 3. The van der Waals surface area contributed by atoms with Crippen molar-refractivity contribution in [3.63, 3.8) is 0 Å². The zero-order valence-electron chi connectivity index (χ0n) is 15.2. The van der Waals surface area contributed by atoms with Crippen LogP contribution in [0.4, 0.5) is 0 Å². The molecule has 0 unspecified atom stereocenters. The van der Waals surface area contributed by atoms with Crippen LogP contribution < -0.4 is 5.32 Å². The molecular weight excluding hydrogens is 322 g/mol. The number of hydrogen-bond acceptors (Lipinski definition) is 4. The van der Waals surface area contributed by atoms with E-state index in [0.717, 1.165) is 25.7 Å². The molecule has 4 heterocycles. The van der Waals surface area contributed by atoms with E-state index < -0.39 is 0 Å². The lowest BCUT2D eigenvalue weighted by Gasteiger charge is -2.32. The number of aromatic nitrogens is 4. The Kier molecular flexibility index (Phi) is 5.07. The van der Waals surface area contributed by atoms with Crippen LogP contribution in [0.2, 0.25) is 0 Å². The van der Waals surface area contributed by atoms with Crippen LogP contribution in [0.25, 0.3) is 0 Å². The van der Waals surface area contributed by atoms with E-state index in [0.29, 0.717) is 6.04 Å². The summed E-state index contributed by atoms with van der Waals surface area (Å²) < 4.78 is 0. The Morgan fingerprint density at radius 1 is 1.00 bits per heavy atom. The minimum Gasteiger partial charge on any atom is -0.348 e. The van der Waals surface area contributed by atoms with Gasteiger partial charge in [0.15, 0.2) is 0 Å². The van der Waals surface area contributed by atoms with Crippen molar-refractivity contribution >= 4 is 0 Å². The topological polar surface area (TPSA) is 66.5 Å². The third kappa shape index (κ3) is 3.68. The monoisotopic (exact) mass is 347 g/mol. The Labute approximate surface area is 154 Å². The van der Waals surface area contributed by atoms with Gasteiger partial charge >= 0.3 is 0 Å². The molecule has 1 fully saturated rings. The highest BCUT2D eigenvalue weighted by molar-refractivity contribution is 5.27. The van der Waals surface area contributed by atoms with Crippen molar-refractivity contribution in [3.8, 4) is 0 Å². The van der Waals surface area contributed by atoms with E-state index in [4.69, 9.17) is 4.98 Å². The number of rotatable bonds is 5. The van der Waals surface area contributed by atoms with Crippen molar-refractivity contribution in [2.75, 3.05) is 0 Å². The van der Waals surface area contributed by atoms with Gasteiger partial charge in [0.2, 0.25) is 0 Å². The van der Waals surface area contributed by atoms with Gasteiger partial charge in [-0.2, -0.15) is 0 Å². The molecule has 0 saturated carbocycles. The average molecular weight is 347 g/mol. The Balaban J connectivity index is 1.52. The molecule has 1 aliphatic heterocycles. The number of hydrogen-bond donors (Lipinski definition) is 2. The van der Waals surface area contributed by atoms with E-state index in [9.17, 15) is 0 Å². The Morgan fingerprint density at radius 3 is 2.54 bits per heavy atom. The van der Waals surface area contributed by atoms with Gasteiger partial charge in [0.1, 0.15) is 0 Å². The molecule has 134 valence electrons. The highest BCUT2D eigenvalue weighted by atomic mass is 15.0. The van der Waals surface area contributed by atoms with Gasteiger partial charge in [-0.05, 0) is 62.3 Å². The van der Waals surface area contributed by atoms with Gasteiger partial charge < -0.3 is 10.3 Å². The lowest BCUT2D eigenvalue weighted by Crippen LogP contribution is -2.33. The normalized spacial score (nSPS) is 20.2. The van der Waals surface area contributed by atoms with Crippen molar-refractivity contribution in [1.82, 2.24) is 25.3 Å². The van der Waals surface area contributed by atoms with E-state index in [1.165, 1.54) is 34.6 Å². The first-order valence-electron chi connectivity index (χ1n) is 9.40. The van der Waals surface area contributed by atoms with Crippen LogP contribution in [-0.2, 0) is 12.8 Å². The van der Waals surface area contributed by atoms with Crippen LogP contribution in [0.3, 0.4) is 0 Å². The molecule has 5 nitrogen and oxygen atoms in total. The van der Waals surface area contributed by atoms with Gasteiger partial charge in [0.05, 0.1) is 29.8 Å². The molecule has 0 radical (unpaired) electrons. The van der Waals surface area contributed by atoms with Gasteiger partial charge in [-0.1, -0.05) is 12.1 Å². The second kappa shape index (κ2) is 7.79. The summed E-state index contributed by atoms with van der Waals surface area (Å²) in [6.45, 7) is 2.14. The maximum atomic E-state index is 4.74. The largest absolute Gasteiger partial charge is 0.348 e. The summed E-state index contributed by atoms with van der Waals surface area (Å²) >= 11 is 0. The van der Waals surface area contributed by atoms with Crippen LogP contribution in [0.15, 0.2) is 49.2 Å². The predicted octanol–water partition coefficient (Wildman–Crippen LogP) is 3.85. The van der Waals surface area contributed by atoms with Crippen molar-refractivity contribution < 1.29 is 0 Å². The first-order chi connectivity index (χ1) is 12.8. The van der Waals surface area contributed by atoms with Crippen molar-refractivity contribution in [1.29, 1.82) is 0 Å². The quantitative estimate of drug-likeness (QED) is 0.736. The molecule has 0 aliphatic carbocycles. The highest BCUT2D eigenvalue weighted by Crippen LogP contribution is 2.33. The number of H-pyrrole nitrogens is 1. The summed E-state index contributed by atoms with van der Waals surface area (Å²) in [5, 5.41) is 3.82. The Bertz CT molecular complexity index is 843. The molecule has 3 aromatic rings. The smallest absolute Gasteiger partial charge is 0.0921 e. The van der Waals surface area contributed by atoms with Gasteiger partial charge in [-0.3, -0.25) is 9.97 Å². The number of aromatic amines is 1. The number of piperidine rings is 1. The number of pyridine rings is 2. The van der Waals surface area contributed by atoms with Gasteiger partial charge in [0.25, 0.3) is 0 Å². The first-order valence-corrected chi connectivity index (χ1v) is 9.40. The van der Waals surface area contributed by atoms with E-state index >= 15 is 0 Å². The number of nitrogens with zero attached hydrogens (tertiary/aromatic N) is 3. The summed E-state index contributed by atoms with van der Waals surface area (Å²) in [6, 6.07) is 8.98. The molecule has 3 aromatic heterocycles. The molecule has 0 amide bonds. The second-order valence-electron chi connectivity index (χ2n) is 7.03. The SMILES string of the molecule is Cc1cccnc1[C@@H]1CCC[C@H](c2ncccc2CCc2cnc[nH]2)N1. The molecule has 1 aliphatic rings. The summed E-state index contributed by atoms with van der Waals surface area (Å²) in [5.41, 5.74) is 6.10. The summed E-state index contributed by atoms with van der Waals surface area (Å²) in [7, 11) is 0. The van der Waals surface area contributed by atoms with Crippen LogP contribution in [0, 0.1) is 6.92 Å². The van der Waals surface area contributed by atoms with Gasteiger partial charge in [-0.25, -0.2) is 4.98 Å². The van der Waals surface area contributed by atoms with Crippen LogP contribution in [0.1, 0.15) is 59.6 Å². The molecule has 26 heavy (non-hydrogen) atoms. The van der Waals surface area contributed by atoms with E-state index in [1.807, 2.05) is 30.7 Å². The standard InChI is InChI=1S/C21H25N5/c1-15-5-3-11-23-20(15)18-7-2-8-19(26-18)21-16(6-4-12-24-21)9-10-17-13-22-14-25-17/h3-6,11-14,18-19,26H,2,7-10H2,1H3,(H,22,25)/t18-,19+/m0/s1. The minimum atomic E-state index is 0.285. The van der Waals surface area contributed by atoms with Crippen LogP contribution >= 0.6 is 0 Å². The van der Waals surface area contributed by atoms with Crippen LogP contribution in [0.5, 0.6) is 0 Å². The summed E-state index contributed by atoms with van der Waals surface area (Å²) in [5.74, 6) is 0. The molecule has 0 spiro atoms. The zero-order valence-corrected chi connectivity index (χ0v) is 15.2. The lowest BCUT2D eigenvalue weighted by molar-refractivity contribution is 0.319. The average Bonchev–Trinajstić information content (AvgIpc) is 3.21. The zero-order chi connectivity index (χ0) is 17.8. The van der Waals surface area contributed by atoms with Crippen molar-refractivity contribution in [3.05, 3.63) is 77.4 Å². The molecule has 2 N–H and O–H groups in total. The predicted molar refractivity (Wildman–Crippen MR) is 102 cm³/mol. The minimum absolute atomic E-state index is 0.285. The van der Waals surface area contributed by atoms with E-state index in [-0.39, 0.29) is 6.04 Å². The van der Waals surface area contributed by atoms with Crippen molar-refractivity contribution in [2.45, 2.75) is 51.1 Å². The molecule has 0 bridgehead atoms. The fourth-order valence-corrected chi connectivity index (χ4v) is 3.90. The maximum Gasteiger partial charge on any atom is 0.0921 e. The fourth-order valence-electron chi connectivity index (χ4n) is 3.90. The molecule has 1 saturated heterocycles. The number of nitrogens with one attached hydrogen (secondary N) is 2. The fraction of sp³-hybridized carbons (Fsp3) is 0.381. The van der Waals surface area contributed by atoms with Crippen LogP contribution in [-0.4, -0.2) is 19.9 Å². The lowest BCUT2D eigenvalue weighted by atomic mass is 9.90. The van der Waals surface area contributed by atoms with E-state index in [2.05, 4.69) is 39.3 Å². The Hall–Kier alpha value is -2.53. The molecule has 0 aromatic carbocycles.